The first-order valence-electron chi connectivity index (χ1n) is 7.49. The van der Waals surface area contributed by atoms with Crippen LogP contribution in [0.1, 0.15) is 46.5 Å². The third kappa shape index (κ3) is 4.30. The van der Waals surface area contributed by atoms with Crippen LogP contribution >= 0.6 is 0 Å². The highest BCUT2D eigenvalue weighted by atomic mass is 28.4. The molecule has 0 aromatic heterocycles. The lowest BCUT2D eigenvalue weighted by molar-refractivity contribution is 0.256. The summed E-state index contributed by atoms with van der Waals surface area (Å²) in [6, 6.07) is 3.77. The lowest BCUT2D eigenvalue weighted by Gasteiger charge is -2.29. The van der Waals surface area contributed by atoms with Gasteiger partial charge in [0, 0.05) is 6.61 Å². The van der Waals surface area contributed by atoms with Crippen molar-refractivity contribution in [3.8, 4) is 12.3 Å². The molecule has 0 aliphatic heterocycles. The molecule has 0 bridgehead atoms. The zero-order valence-electron chi connectivity index (χ0n) is 12.3. The molecule has 0 saturated carbocycles. The predicted molar refractivity (Wildman–Crippen MR) is 82.0 cm³/mol. The van der Waals surface area contributed by atoms with Crippen LogP contribution in [0.2, 0.25) is 18.1 Å². The van der Waals surface area contributed by atoms with Gasteiger partial charge in [0.25, 0.3) is 0 Å². The fraction of sp³-hybridized carbons (Fsp3) is 0.750. The Morgan fingerprint density at radius 1 is 1.33 bits per heavy atom. The van der Waals surface area contributed by atoms with E-state index in [4.69, 9.17) is 10.8 Å². The number of allylic oxidation sites excluding steroid dienone is 2. The second kappa shape index (κ2) is 7.81. The lowest BCUT2D eigenvalue weighted by Crippen LogP contribution is -2.36. The van der Waals surface area contributed by atoms with Crippen molar-refractivity contribution >= 4 is 8.32 Å². The van der Waals surface area contributed by atoms with Crippen LogP contribution in [0.5, 0.6) is 0 Å². The number of rotatable bonds is 7. The van der Waals surface area contributed by atoms with Gasteiger partial charge in [0.2, 0.25) is 0 Å². The van der Waals surface area contributed by atoms with E-state index in [0.29, 0.717) is 0 Å². The van der Waals surface area contributed by atoms with E-state index in [2.05, 4.69) is 32.8 Å². The summed E-state index contributed by atoms with van der Waals surface area (Å²) >= 11 is 0. The minimum atomic E-state index is -1.37. The summed E-state index contributed by atoms with van der Waals surface area (Å²) < 4.78 is 6.31. The molecule has 0 heterocycles. The molecule has 1 nitrogen and oxygen atoms in total. The van der Waals surface area contributed by atoms with Gasteiger partial charge in [-0.3, -0.25) is 0 Å². The van der Waals surface area contributed by atoms with E-state index in [-0.39, 0.29) is 0 Å². The zero-order valence-corrected chi connectivity index (χ0v) is 13.3. The largest absolute Gasteiger partial charge is 0.417 e. The van der Waals surface area contributed by atoms with Gasteiger partial charge >= 0.3 is 0 Å². The molecule has 102 valence electrons. The Balaban J connectivity index is 2.30. The topological polar surface area (TPSA) is 9.23 Å². The van der Waals surface area contributed by atoms with Crippen molar-refractivity contribution < 1.29 is 4.43 Å². The molecule has 0 aromatic carbocycles. The van der Waals surface area contributed by atoms with Gasteiger partial charge in [-0.1, -0.05) is 32.8 Å². The molecule has 0 spiro atoms. The average molecular weight is 264 g/mol. The third-order valence-corrected chi connectivity index (χ3v) is 9.25. The van der Waals surface area contributed by atoms with E-state index in [1.165, 1.54) is 36.5 Å². The Labute approximate surface area is 114 Å². The minimum absolute atomic E-state index is 0.791. The maximum Gasteiger partial charge on any atom is 0.191 e. The van der Waals surface area contributed by atoms with Crippen LogP contribution in [-0.2, 0) is 4.43 Å². The van der Waals surface area contributed by atoms with Gasteiger partial charge in [-0.2, -0.15) is 0 Å². The van der Waals surface area contributed by atoms with E-state index < -0.39 is 8.32 Å². The van der Waals surface area contributed by atoms with Gasteiger partial charge in [-0.15, -0.1) is 6.42 Å². The van der Waals surface area contributed by atoms with Crippen molar-refractivity contribution in [2.24, 2.45) is 5.92 Å². The van der Waals surface area contributed by atoms with Crippen molar-refractivity contribution in [1.82, 2.24) is 0 Å². The van der Waals surface area contributed by atoms with Crippen LogP contribution in [0.25, 0.3) is 0 Å². The lowest BCUT2D eigenvalue weighted by atomic mass is 9.88. The summed E-state index contributed by atoms with van der Waals surface area (Å²) in [4.78, 5) is 0. The number of hydrogen-bond donors (Lipinski definition) is 0. The highest BCUT2D eigenvalue weighted by molar-refractivity contribution is 6.73. The summed E-state index contributed by atoms with van der Waals surface area (Å²) in [5.74, 6) is 3.56. The second-order valence-corrected chi connectivity index (χ2v) is 10.2. The standard InChI is InChI=1S/C16H28OSi/c1-5-15-9-11-16(12-10-15)13-14-17-18(6-2,7-3)8-4/h1,9,16H,6-8,10-14H2,2-4H3. The highest BCUT2D eigenvalue weighted by Gasteiger charge is 2.28. The summed E-state index contributed by atoms with van der Waals surface area (Å²) in [5, 5.41) is 0. The van der Waals surface area contributed by atoms with E-state index in [1.54, 1.807) is 0 Å². The van der Waals surface area contributed by atoms with E-state index in [0.717, 1.165) is 25.4 Å². The Bertz CT molecular complexity index is 301. The van der Waals surface area contributed by atoms with Crippen molar-refractivity contribution in [2.45, 2.75) is 64.6 Å². The maximum absolute atomic E-state index is 6.31. The summed E-state index contributed by atoms with van der Waals surface area (Å²) in [5.41, 5.74) is 1.20. The normalized spacial score (nSPS) is 20.3. The van der Waals surface area contributed by atoms with Gasteiger partial charge in [-0.25, -0.2) is 0 Å². The van der Waals surface area contributed by atoms with Gasteiger partial charge in [0.05, 0.1) is 0 Å². The summed E-state index contributed by atoms with van der Waals surface area (Å²) in [6.45, 7) is 7.84. The van der Waals surface area contributed by atoms with Gasteiger partial charge in [0.1, 0.15) is 0 Å². The first kappa shape index (κ1) is 15.5. The Kier molecular flexibility index (Phi) is 6.74. The zero-order chi connectivity index (χ0) is 13.4. The second-order valence-electron chi connectivity index (χ2n) is 5.39. The molecule has 1 aliphatic rings. The molecule has 2 heteroatoms. The molecule has 0 amide bonds. The number of hydrogen-bond acceptors (Lipinski definition) is 1. The van der Waals surface area contributed by atoms with Crippen molar-refractivity contribution in [3.05, 3.63) is 11.6 Å². The van der Waals surface area contributed by atoms with E-state index in [1.807, 2.05) is 0 Å². The van der Waals surface area contributed by atoms with Crippen LogP contribution in [0.15, 0.2) is 11.6 Å². The molecule has 0 fully saturated rings. The molecule has 1 aliphatic carbocycles. The molecule has 1 atom stereocenters. The fourth-order valence-corrected chi connectivity index (χ4v) is 5.44. The van der Waals surface area contributed by atoms with Crippen molar-refractivity contribution in [2.75, 3.05) is 6.61 Å². The first-order chi connectivity index (χ1) is 8.69. The minimum Gasteiger partial charge on any atom is -0.417 e. The van der Waals surface area contributed by atoms with E-state index in [9.17, 15) is 0 Å². The fourth-order valence-electron chi connectivity index (χ4n) is 2.78. The summed E-state index contributed by atoms with van der Waals surface area (Å²) in [7, 11) is -1.37. The SMILES string of the molecule is C#CC1=CCC(CCO[Si](CC)(CC)CC)CC1. The molecule has 0 aromatic rings. The van der Waals surface area contributed by atoms with Crippen molar-refractivity contribution in [1.29, 1.82) is 0 Å². The van der Waals surface area contributed by atoms with Gasteiger partial charge < -0.3 is 4.43 Å². The smallest absolute Gasteiger partial charge is 0.191 e. The predicted octanol–water partition coefficient (Wildman–Crippen LogP) is 4.76. The Hall–Kier alpha value is -0.523. The molecule has 1 unspecified atom stereocenters. The van der Waals surface area contributed by atoms with E-state index >= 15 is 0 Å². The van der Waals surface area contributed by atoms with Crippen LogP contribution in [0, 0.1) is 18.3 Å². The van der Waals surface area contributed by atoms with Gasteiger partial charge in [0.15, 0.2) is 8.32 Å². The first-order valence-corrected chi connectivity index (χ1v) is 10.0. The molecule has 0 saturated heterocycles. The Morgan fingerprint density at radius 2 is 2.00 bits per heavy atom. The van der Waals surface area contributed by atoms with Gasteiger partial charge in [-0.05, 0) is 55.3 Å². The molecule has 1 rings (SSSR count). The molecular weight excluding hydrogens is 236 g/mol. The molecule has 0 radical (unpaired) electrons. The quantitative estimate of drug-likeness (QED) is 0.476. The summed E-state index contributed by atoms with van der Waals surface area (Å²) in [6.07, 6.45) is 12.4. The van der Waals surface area contributed by atoms with Crippen LogP contribution in [-0.4, -0.2) is 14.9 Å². The third-order valence-electron chi connectivity index (χ3n) is 4.57. The monoisotopic (exact) mass is 264 g/mol. The molecule has 0 N–H and O–H groups in total. The highest BCUT2D eigenvalue weighted by Crippen LogP contribution is 2.27. The van der Waals surface area contributed by atoms with Crippen molar-refractivity contribution in [3.63, 3.8) is 0 Å². The van der Waals surface area contributed by atoms with Crippen LogP contribution in [0.3, 0.4) is 0 Å². The molecular formula is C16H28OSi. The Morgan fingerprint density at radius 3 is 2.44 bits per heavy atom. The number of terminal acetylenes is 1. The molecule has 18 heavy (non-hydrogen) atoms. The van der Waals surface area contributed by atoms with Crippen LogP contribution in [0.4, 0.5) is 0 Å². The average Bonchev–Trinajstić information content (AvgIpc) is 2.45. The maximum atomic E-state index is 6.31. The van der Waals surface area contributed by atoms with Crippen LogP contribution < -0.4 is 0 Å².